The van der Waals surface area contributed by atoms with Crippen LogP contribution in [0.15, 0.2) is 24.4 Å². The van der Waals surface area contributed by atoms with Crippen LogP contribution in [0.5, 0.6) is 11.5 Å². The summed E-state index contributed by atoms with van der Waals surface area (Å²) < 4.78 is 18.3. The third-order valence-corrected chi connectivity index (χ3v) is 6.99. The molecule has 2 aromatic heterocycles. The lowest BCUT2D eigenvalue weighted by atomic mass is 9.74. The monoisotopic (exact) mass is 461 g/mol. The smallest absolute Gasteiger partial charge is 0.231 e. The van der Waals surface area contributed by atoms with Gasteiger partial charge in [-0.15, -0.1) is 0 Å². The molecule has 176 valence electrons. The van der Waals surface area contributed by atoms with Crippen LogP contribution in [-0.2, 0) is 21.4 Å². The summed E-state index contributed by atoms with van der Waals surface area (Å²) in [5, 5.41) is 16.7. The highest BCUT2D eigenvalue weighted by Gasteiger charge is 2.36. The molecule has 0 spiro atoms. The summed E-state index contributed by atoms with van der Waals surface area (Å²) in [5.74, 6) is 1.50. The molecule has 1 fully saturated rings. The molecule has 2 aliphatic rings. The fourth-order valence-electron chi connectivity index (χ4n) is 4.90. The zero-order valence-corrected chi connectivity index (χ0v) is 19.4. The first-order chi connectivity index (χ1) is 16.5. The first kappa shape index (κ1) is 22.2. The van der Waals surface area contributed by atoms with Crippen LogP contribution in [0.1, 0.15) is 47.3 Å². The van der Waals surface area contributed by atoms with E-state index in [0.717, 1.165) is 46.9 Å². The second-order valence-corrected chi connectivity index (χ2v) is 8.90. The quantitative estimate of drug-likeness (QED) is 0.601. The van der Waals surface area contributed by atoms with Gasteiger partial charge in [-0.25, -0.2) is 9.50 Å². The highest BCUT2D eigenvalue weighted by molar-refractivity contribution is 5.76. The van der Waals surface area contributed by atoms with Crippen molar-refractivity contribution in [2.45, 2.75) is 44.9 Å². The fraction of sp³-hybridized carbons (Fsp3) is 0.440. The van der Waals surface area contributed by atoms with Crippen molar-refractivity contribution in [2.24, 2.45) is 0 Å². The Morgan fingerprint density at radius 1 is 1.24 bits per heavy atom. The number of hydrogen-bond donors (Lipinski definition) is 1. The van der Waals surface area contributed by atoms with Gasteiger partial charge in [0.2, 0.25) is 12.7 Å². The van der Waals surface area contributed by atoms with Gasteiger partial charge in [0.05, 0.1) is 6.20 Å². The first-order valence-corrected chi connectivity index (χ1v) is 11.5. The van der Waals surface area contributed by atoms with Crippen LogP contribution in [0.25, 0.3) is 5.65 Å². The first-order valence-electron chi connectivity index (χ1n) is 11.5. The Balaban J connectivity index is 1.28. The fourth-order valence-corrected chi connectivity index (χ4v) is 4.90. The molecule has 0 saturated carbocycles. The van der Waals surface area contributed by atoms with Crippen LogP contribution in [0.3, 0.4) is 0 Å². The van der Waals surface area contributed by atoms with Gasteiger partial charge in [-0.05, 0) is 56.4 Å². The summed E-state index contributed by atoms with van der Waals surface area (Å²) in [6.45, 7) is 5.94. The van der Waals surface area contributed by atoms with Gasteiger partial charge in [-0.2, -0.15) is 10.4 Å². The van der Waals surface area contributed by atoms with E-state index in [2.05, 4.69) is 27.5 Å². The summed E-state index contributed by atoms with van der Waals surface area (Å²) in [7, 11) is 0. The predicted octanol–water partition coefficient (Wildman–Crippen LogP) is 2.74. The molecule has 1 N–H and O–H groups in total. The summed E-state index contributed by atoms with van der Waals surface area (Å²) >= 11 is 0. The number of rotatable bonds is 6. The van der Waals surface area contributed by atoms with Gasteiger partial charge < -0.3 is 19.5 Å². The molecule has 1 amide bonds. The van der Waals surface area contributed by atoms with Crippen LogP contribution < -0.4 is 14.8 Å². The lowest BCUT2D eigenvalue weighted by molar-refractivity contribution is -0.121. The van der Waals surface area contributed by atoms with Gasteiger partial charge in [-0.3, -0.25) is 4.79 Å². The molecule has 0 radical (unpaired) electrons. The van der Waals surface area contributed by atoms with E-state index in [1.807, 2.05) is 26.0 Å². The number of fused-ring (bicyclic) bond motifs is 2. The van der Waals surface area contributed by atoms with Crippen molar-refractivity contribution >= 4 is 11.6 Å². The van der Waals surface area contributed by atoms with Crippen molar-refractivity contribution < 1.29 is 19.0 Å². The molecule has 34 heavy (non-hydrogen) atoms. The summed E-state index contributed by atoms with van der Waals surface area (Å²) in [4.78, 5) is 17.4. The highest BCUT2D eigenvalue weighted by atomic mass is 16.7. The van der Waals surface area contributed by atoms with Gasteiger partial charge in [0.15, 0.2) is 17.1 Å². The largest absolute Gasteiger partial charge is 0.454 e. The van der Waals surface area contributed by atoms with Gasteiger partial charge >= 0.3 is 0 Å². The minimum absolute atomic E-state index is 0.0105. The molecule has 2 aliphatic heterocycles. The van der Waals surface area contributed by atoms with Crippen molar-refractivity contribution in [1.29, 1.82) is 5.26 Å². The zero-order valence-electron chi connectivity index (χ0n) is 19.4. The molecule has 0 atom stereocenters. The van der Waals surface area contributed by atoms with Crippen LogP contribution in [0.4, 0.5) is 0 Å². The van der Waals surface area contributed by atoms with Crippen LogP contribution in [-0.4, -0.2) is 47.1 Å². The van der Waals surface area contributed by atoms with Crippen LogP contribution in [0.2, 0.25) is 0 Å². The number of carbonyl (C=O) groups excluding carboxylic acids is 1. The van der Waals surface area contributed by atoms with Crippen LogP contribution in [0, 0.1) is 25.2 Å². The Labute approximate surface area is 197 Å². The molecular formula is C25H27N5O4. The SMILES string of the molecule is Cc1nc2c(C#N)cnn2c(C)c1CCC(=O)NCC1(c2ccc3c(c2)OCO3)CCOCC1. The number of hydrogen-bond acceptors (Lipinski definition) is 7. The van der Waals surface area contributed by atoms with Gasteiger partial charge in [0.25, 0.3) is 0 Å². The van der Waals surface area contributed by atoms with Crippen molar-refractivity contribution in [3.05, 3.63) is 52.5 Å². The highest BCUT2D eigenvalue weighted by Crippen LogP contribution is 2.40. The van der Waals surface area contributed by atoms with E-state index in [1.165, 1.54) is 6.20 Å². The zero-order chi connectivity index (χ0) is 23.7. The number of carbonyl (C=O) groups is 1. The lowest BCUT2D eigenvalue weighted by Gasteiger charge is -2.38. The van der Waals surface area contributed by atoms with Crippen molar-refractivity contribution in [1.82, 2.24) is 19.9 Å². The van der Waals surface area contributed by atoms with E-state index in [1.54, 1.807) is 4.52 Å². The minimum atomic E-state index is -0.204. The number of nitrogens with zero attached hydrogens (tertiary/aromatic N) is 4. The molecule has 1 aromatic carbocycles. The molecule has 9 nitrogen and oxygen atoms in total. The van der Waals surface area contributed by atoms with E-state index >= 15 is 0 Å². The average Bonchev–Trinajstić information content (AvgIpc) is 3.49. The topological polar surface area (TPSA) is 111 Å². The molecule has 0 bridgehead atoms. The van der Waals surface area contributed by atoms with Crippen molar-refractivity contribution in [3.8, 4) is 17.6 Å². The van der Waals surface area contributed by atoms with Crippen molar-refractivity contribution in [3.63, 3.8) is 0 Å². The van der Waals surface area contributed by atoms with E-state index in [9.17, 15) is 10.1 Å². The standard InChI is InChI=1S/C25H27N5O4/c1-16-20(17(2)30-24(29-16)18(12-26)13-28-30)4-6-23(31)27-14-25(7-9-32-10-8-25)19-3-5-21-22(11-19)34-15-33-21/h3,5,11,13H,4,6-10,14-15H2,1-2H3,(H,27,31). The Morgan fingerprint density at radius 2 is 2.03 bits per heavy atom. The molecule has 0 aliphatic carbocycles. The number of amides is 1. The van der Waals surface area contributed by atoms with E-state index in [0.29, 0.717) is 43.8 Å². The molecule has 5 rings (SSSR count). The second-order valence-electron chi connectivity index (χ2n) is 8.90. The molecule has 4 heterocycles. The van der Waals surface area contributed by atoms with Crippen molar-refractivity contribution in [2.75, 3.05) is 26.6 Å². The third kappa shape index (κ3) is 3.94. The number of aromatic nitrogens is 3. The Kier molecular flexibility index (Phi) is 5.84. The normalized spacial score (nSPS) is 16.4. The number of nitrogens with one attached hydrogen (secondary N) is 1. The Morgan fingerprint density at radius 3 is 2.82 bits per heavy atom. The summed E-state index contributed by atoms with van der Waals surface area (Å²) in [5.41, 5.74) is 4.62. The second kappa shape index (κ2) is 8.95. The number of ether oxygens (including phenoxy) is 3. The molecule has 9 heteroatoms. The molecule has 0 unspecified atom stereocenters. The Hall–Kier alpha value is -3.64. The van der Waals surface area contributed by atoms with Crippen LogP contribution >= 0.6 is 0 Å². The maximum atomic E-state index is 12.9. The molecular weight excluding hydrogens is 434 g/mol. The lowest BCUT2D eigenvalue weighted by Crippen LogP contribution is -2.44. The molecule has 3 aromatic rings. The summed E-state index contributed by atoms with van der Waals surface area (Å²) in [6, 6.07) is 8.16. The maximum Gasteiger partial charge on any atom is 0.231 e. The number of nitriles is 1. The third-order valence-electron chi connectivity index (χ3n) is 6.99. The summed E-state index contributed by atoms with van der Waals surface area (Å²) in [6.07, 6.45) is 4.07. The maximum absolute atomic E-state index is 12.9. The van der Waals surface area contributed by atoms with Gasteiger partial charge in [0, 0.05) is 43.0 Å². The molecule has 1 saturated heterocycles. The van der Waals surface area contributed by atoms with Gasteiger partial charge in [-0.1, -0.05) is 6.07 Å². The van der Waals surface area contributed by atoms with Gasteiger partial charge in [0.1, 0.15) is 11.6 Å². The predicted molar refractivity (Wildman–Crippen MR) is 123 cm³/mol. The number of benzene rings is 1. The average molecular weight is 462 g/mol. The number of aryl methyl sites for hydroxylation is 2. The van der Waals surface area contributed by atoms with E-state index in [-0.39, 0.29) is 18.1 Å². The van der Waals surface area contributed by atoms with E-state index in [4.69, 9.17) is 14.2 Å². The van der Waals surface area contributed by atoms with E-state index < -0.39 is 0 Å². The minimum Gasteiger partial charge on any atom is -0.454 e. The Bertz CT molecular complexity index is 1290.